The molecule has 2 aliphatic heterocycles. The van der Waals surface area contributed by atoms with Gasteiger partial charge in [-0.05, 0) is 30.8 Å². The van der Waals surface area contributed by atoms with E-state index < -0.39 is 12.1 Å². The Morgan fingerprint density at radius 2 is 1.87 bits per heavy atom. The van der Waals surface area contributed by atoms with Gasteiger partial charge >= 0.3 is 6.03 Å². The second-order valence-corrected chi connectivity index (χ2v) is 7.87. The molecular formula is C23H28N4O4. The highest BCUT2D eigenvalue weighted by Gasteiger charge is 2.39. The van der Waals surface area contributed by atoms with Crippen molar-refractivity contribution in [1.82, 2.24) is 15.5 Å². The van der Waals surface area contributed by atoms with Gasteiger partial charge in [-0.25, -0.2) is 9.69 Å². The van der Waals surface area contributed by atoms with E-state index in [1.807, 2.05) is 36.4 Å². The molecular weight excluding hydrogens is 396 g/mol. The number of morpholine rings is 1. The molecule has 2 saturated heterocycles. The molecule has 2 aliphatic rings. The summed E-state index contributed by atoms with van der Waals surface area (Å²) in [4.78, 5) is 41.1. The molecule has 31 heavy (non-hydrogen) atoms. The lowest BCUT2D eigenvalue weighted by Crippen LogP contribution is -2.38. The summed E-state index contributed by atoms with van der Waals surface area (Å²) in [6, 6.07) is 12.0. The molecule has 2 aromatic carbocycles. The van der Waals surface area contributed by atoms with Crippen LogP contribution in [0.1, 0.15) is 19.3 Å². The average molecular weight is 425 g/mol. The van der Waals surface area contributed by atoms with E-state index in [2.05, 4.69) is 15.5 Å². The van der Waals surface area contributed by atoms with Gasteiger partial charge < -0.3 is 15.4 Å². The molecule has 2 aromatic rings. The van der Waals surface area contributed by atoms with Gasteiger partial charge in [-0.15, -0.1) is 0 Å². The fraction of sp³-hybridized carbons (Fsp3) is 0.435. The number of ether oxygens (including phenoxy) is 1. The van der Waals surface area contributed by atoms with E-state index in [1.165, 1.54) is 4.90 Å². The molecule has 2 fully saturated rings. The van der Waals surface area contributed by atoms with Crippen molar-refractivity contribution in [2.24, 2.45) is 0 Å². The minimum atomic E-state index is -0.689. The first-order valence-corrected chi connectivity index (χ1v) is 10.8. The maximum atomic E-state index is 12.9. The topological polar surface area (TPSA) is 91.0 Å². The van der Waals surface area contributed by atoms with Gasteiger partial charge in [0.25, 0.3) is 5.91 Å². The summed E-state index contributed by atoms with van der Waals surface area (Å²) >= 11 is 0. The second-order valence-electron chi connectivity index (χ2n) is 7.87. The number of urea groups is 1. The van der Waals surface area contributed by atoms with Crippen molar-refractivity contribution in [2.45, 2.75) is 25.3 Å². The number of benzene rings is 2. The SMILES string of the molecule is O=C(CCC1NC(=O)N(c2cccc3ccccc23)C1=O)NCCCN1CCOCC1. The van der Waals surface area contributed by atoms with E-state index in [0.29, 0.717) is 12.2 Å². The van der Waals surface area contributed by atoms with Gasteiger partial charge in [0.05, 0.1) is 18.9 Å². The number of nitrogens with one attached hydrogen (secondary N) is 2. The molecule has 164 valence electrons. The quantitative estimate of drug-likeness (QED) is 0.499. The lowest BCUT2D eigenvalue weighted by atomic mass is 10.1. The summed E-state index contributed by atoms with van der Waals surface area (Å²) < 4.78 is 5.33. The maximum absolute atomic E-state index is 12.9. The van der Waals surface area contributed by atoms with Crippen molar-refractivity contribution in [1.29, 1.82) is 0 Å². The molecule has 0 aromatic heterocycles. The monoisotopic (exact) mass is 424 g/mol. The lowest BCUT2D eigenvalue weighted by Gasteiger charge is -2.26. The first-order valence-electron chi connectivity index (χ1n) is 10.8. The zero-order valence-electron chi connectivity index (χ0n) is 17.5. The summed E-state index contributed by atoms with van der Waals surface area (Å²) in [6.07, 6.45) is 1.35. The predicted molar refractivity (Wildman–Crippen MR) is 118 cm³/mol. The van der Waals surface area contributed by atoms with Crippen LogP contribution in [0.3, 0.4) is 0 Å². The molecule has 0 bridgehead atoms. The summed E-state index contributed by atoms with van der Waals surface area (Å²) in [6.45, 7) is 4.94. The molecule has 0 radical (unpaired) electrons. The van der Waals surface area contributed by atoms with Gasteiger partial charge in [0.1, 0.15) is 6.04 Å². The van der Waals surface area contributed by atoms with Crippen molar-refractivity contribution in [3.05, 3.63) is 42.5 Å². The Labute approximate surface area is 181 Å². The number of carbonyl (C=O) groups excluding carboxylic acids is 3. The fourth-order valence-corrected chi connectivity index (χ4v) is 4.08. The molecule has 4 rings (SSSR count). The predicted octanol–water partition coefficient (Wildman–Crippen LogP) is 1.88. The minimum absolute atomic E-state index is 0.104. The largest absolute Gasteiger partial charge is 0.379 e. The van der Waals surface area contributed by atoms with Crippen molar-refractivity contribution in [3.8, 4) is 0 Å². The van der Waals surface area contributed by atoms with Crippen molar-refractivity contribution < 1.29 is 19.1 Å². The van der Waals surface area contributed by atoms with Crippen LogP contribution in [0.5, 0.6) is 0 Å². The third-order valence-corrected chi connectivity index (χ3v) is 5.76. The smallest absolute Gasteiger partial charge is 0.329 e. The van der Waals surface area contributed by atoms with Crippen molar-refractivity contribution in [3.63, 3.8) is 0 Å². The molecule has 2 heterocycles. The van der Waals surface area contributed by atoms with Gasteiger partial charge in [-0.3, -0.25) is 14.5 Å². The van der Waals surface area contributed by atoms with Crippen molar-refractivity contribution >= 4 is 34.3 Å². The molecule has 8 heteroatoms. The summed E-state index contributed by atoms with van der Waals surface area (Å²) in [5, 5.41) is 7.43. The van der Waals surface area contributed by atoms with E-state index >= 15 is 0 Å². The number of amides is 4. The minimum Gasteiger partial charge on any atom is -0.379 e. The van der Waals surface area contributed by atoms with Gasteiger partial charge in [0.15, 0.2) is 0 Å². The maximum Gasteiger partial charge on any atom is 0.329 e. The molecule has 0 spiro atoms. The van der Waals surface area contributed by atoms with Crippen LogP contribution in [0.25, 0.3) is 10.8 Å². The van der Waals surface area contributed by atoms with Crippen LogP contribution in [0.4, 0.5) is 10.5 Å². The Bertz CT molecular complexity index is 952. The molecule has 8 nitrogen and oxygen atoms in total. The zero-order chi connectivity index (χ0) is 21.6. The lowest BCUT2D eigenvalue weighted by molar-refractivity contribution is -0.121. The van der Waals surface area contributed by atoms with Crippen LogP contribution in [-0.4, -0.2) is 68.2 Å². The third-order valence-electron chi connectivity index (χ3n) is 5.76. The average Bonchev–Trinajstić information content (AvgIpc) is 3.08. The Morgan fingerprint density at radius 1 is 1.10 bits per heavy atom. The van der Waals surface area contributed by atoms with Crippen LogP contribution in [0.2, 0.25) is 0 Å². The van der Waals surface area contributed by atoms with Gasteiger partial charge in [-0.2, -0.15) is 0 Å². The fourth-order valence-electron chi connectivity index (χ4n) is 4.08. The Kier molecular flexibility index (Phi) is 6.79. The molecule has 0 saturated carbocycles. The summed E-state index contributed by atoms with van der Waals surface area (Å²) in [5.41, 5.74) is 0.565. The molecule has 2 N–H and O–H groups in total. The highest BCUT2D eigenvalue weighted by molar-refractivity contribution is 6.24. The molecule has 4 amide bonds. The first-order chi connectivity index (χ1) is 15.1. The number of hydrogen-bond donors (Lipinski definition) is 2. The normalized spacial score (nSPS) is 19.6. The zero-order valence-corrected chi connectivity index (χ0v) is 17.5. The summed E-state index contributed by atoms with van der Waals surface area (Å²) in [7, 11) is 0. The van der Waals surface area contributed by atoms with Crippen LogP contribution in [-0.2, 0) is 14.3 Å². The first kappa shape index (κ1) is 21.3. The number of rotatable bonds is 8. The Balaban J connectivity index is 1.26. The third kappa shape index (κ3) is 5.03. The highest BCUT2D eigenvalue weighted by atomic mass is 16.5. The van der Waals surface area contributed by atoms with Crippen LogP contribution in [0.15, 0.2) is 42.5 Å². The van der Waals surface area contributed by atoms with Gasteiger partial charge in [0, 0.05) is 31.4 Å². The molecule has 1 unspecified atom stereocenters. The number of fused-ring (bicyclic) bond motifs is 1. The van der Waals surface area contributed by atoms with Crippen LogP contribution < -0.4 is 15.5 Å². The van der Waals surface area contributed by atoms with Crippen LogP contribution in [0, 0.1) is 0 Å². The number of anilines is 1. The standard InChI is InChI=1S/C23H28N4O4/c28-21(24-11-4-12-26-13-15-31-16-14-26)10-9-19-22(29)27(23(30)25-19)20-8-3-6-17-5-1-2-7-18(17)20/h1-3,5-8,19H,4,9-16H2,(H,24,28)(H,25,30). The van der Waals surface area contributed by atoms with Crippen LogP contribution >= 0.6 is 0 Å². The second kappa shape index (κ2) is 9.89. The number of hydrogen-bond acceptors (Lipinski definition) is 5. The van der Waals surface area contributed by atoms with E-state index in [-0.39, 0.29) is 24.7 Å². The highest BCUT2D eigenvalue weighted by Crippen LogP contribution is 2.29. The van der Waals surface area contributed by atoms with Gasteiger partial charge in [0.2, 0.25) is 5.91 Å². The van der Waals surface area contributed by atoms with E-state index in [1.54, 1.807) is 6.07 Å². The Morgan fingerprint density at radius 3 is 2.71 bits per heavy atom. The Hall–Kier alpha value is -2.97. The van der Waals surface area contributed by atoms with Crippen molar-refractivity contribution in [2.75, 3.05) is 44.3 Å². The summed E-state index contributed by atoms with van der Waals surface area (Å²) in [5.74, 6) is -0.422. The van der Waals surface area contributed by atoms with E-state index in [9.17, 15) is 14.4 Å². The van der Waals surface area contributed by atoms with E-state index in [4.69, 9.17) is 4.74 Å². The number of carbonyl (C=O) groups is 3. The molecule has 1 atom stereocenters. The molecule has 0 aliphatic carbocycles. The van der Waals surface area contributed by atoms with E-state index in [0.717, 1.165) is 50.0 Å². The van der Waals surface area contributed by atoms with Gasteiger partial charge in [-0.1, -0.05) is 36.4 Å². The number of imide groups is 1. The number of nitrogens with zero attached hydrogens (tertiary/aromatic N) is 2.